The second kappa shape index (κ2) is 8.00. The molecule has 0 saturated heterocycles. The number of alkyl halides is 3. The number of nitrogens with zero attached hydrogens (tertiary/aromatic N) is 4. The van der Waals surface area contributed by atoms with Crippen molar-refractivity contribution in [1.82, 2.24) is 9.97 Å². The average molecular weight is 451 g/mol. The van der Waals surface area contributed by atoms with Gasteiger partial charge in [0.05, 0.1) is 11.3 Å². The van der Waals surface area contributed by atoms with Gasteiger partial charge in [-0.05, 0) is 56.9 Å². The van der Waals surface area contributed by atoms with E-state index in [2.05, 4.69) is 4.98 Å². The minimum absolute atomic E-state index is 0.0246. The molecule has 4 rings (SSSR count). The molecule has 1 aliphatic carbocycles. The van der Waals surface area contributed by atoms with E-state index in [1.54, 1.807) is 35.8 Å². The summed E-state index contributed by atoms with van der Waals surface area (Å²) >= 11 is 1.63. The van der Waals surface area contributed by atoms with Crippen LogP contribution in [0.5, 0.6) is 0 Å². The minimum atomic E-state index is -4.30. The van der Waals surface area contributed by atoms with Crippen molar-refractivity contribution in [3.63, 3.8) is 0 Å². The zero-order valence-corrected chi connectivity index (χ0v) is 18.7. The molecular formula is C22H25F3N4OS. The van der Waals surface area contributed by atoms with Crippen LogP contribution in [0.4, 0.5) is 24.7 Å². The second-order valence-electron chi connectivity index (χ2n) is 8.39. The van der Waals surface area contributed by atoms with Crippen LogP contribution >= 0.6 is 11.8 Å². The Bertz CT molecular complexity index is 989. The molecule has 31 heavy (non-hydrogen) atoms. The van der Waals surface area contributed by atoms with Gasteiger partial charge in [-0.3, -0.25) is 4.79 Å². The van der Waals surface area contributed by atoms with Crippen LogP contribution in [0.15, 0.2) is 29.2 Å². The van der Waals surface area contributed by atoms with Gasteiger partial charge in [-0.1, -0.05) is 0 Å². The summed E-state index contributed by atoms with van der Waals surface area (Å²) in [5.41, 5.74) is 0.943. The molecule has 0 N–H and O–H groups in total. The molecule has 166 valence electrons. The first kappa shape index (κ1) is 21.9. The Balaban J connectivity index is 1.38. The number of hydrogen-bond donors (Lipinski definition) is 0. The Kier molecular flexibility index (Phi) is 5.66. The predicted molar refractivity (Wildman–Crippen MR) is 116 cm³/mol. The van der Waals surface area contributed by atoms with E-state index in [1.165, 1.54) is 0 Å². The number of thioether (sulfide) groups is 1. The van der Waals surface area contributed by atoms with Gasteiger partial charge in [0.1, 0.15) is 17.6 Å². The third-order valence-electron chi connectivity index (χ3n) is 6.17. The van der Waals surface area contributed by atoms with Crippen LogP contribution in [0.2, 0.25) is 0 Å². The number of fused-ring (bicyclic) bond motifs is 1. The number of likely N-dealkylation sites (N-methyl/N-ethyl adjacent to an activating group) is 2. The lowest BCUT2D eigenvalue weighted by molar-refractivity contribution is -0.137. The first-order chi connectivity index (χ1) is 14.5. The highest BCUT2D eigenvalue weighted by Gasteiger charge is 2.36. The lowest BCUT2D eigenvalue weighted by atomic mass is 9.82. The summed E-state index contributed by atoms with van der Waals surface area (Å²) in [4.78, 5) is 26.2. The third-order valence-corrected chi connectivity index (χ3v) is 7.44. The van der Waals surface area contributed by atoms with Crippen molar-refractivity contribution in [1.29, 1.82) is 0 Å². The summed E-state index contributed by atoms with van der Waals surface area (Å²) in [6, 6.07) is 5.10. The molecule has 1 aromatic carbocycles. The second-order valence-corrected chi connectivity index (χ2v) is 9.76. The number of halogens is 3. The molecule has 1 aromatic heterocycles. The van der Waals surface area contributed by atoms with Gasteiger partial charge in [-0.2, -0.15) is 13.2 Å². The van der Waals surface area contributed by atoms with Crippen molar-refractivity contribution in [3.05, 3.63) is 41.3 Å². The van der Waals surface area contributed by atoms with Gasteiger partial charge in [0.15, 0.2) is 5.82 Å². The van der Waals surface area contributed by atoms with Crippen molar-refractivity contribution >= 4 is 29.2 Å². The number of anilines is 2. The molecule has 1 saturated carbocycles. The quantitative estimate of drug-likeness (QED) is 0.675. The van der Waals surface area contributed by atoms with Crippen LogP contribution in [-0.2, 0) is 17.4 Å². The molecule has 0 spiro atoms. The maximum Gasteiger partial charge on any atom is 0.416 e. The summed E-state index contributed by atoms with van der Waals surface area (Å²) < 4.78 is 38.1. The standard InChI is InChI=1S/C22H25F3N4OS/c1-12-19-20(28(3)13(2)21(30)29(19)4)27-18(26-12)11-14-9-17(10-14)31-16-7-5-15(6-8-16)22(23,24)25/h5-8,13-14,17H,9-11H2,1-4H3/t13-,14?,17?/m0/s1. The number of benzene rings is 1. The zero-order valence-electron chi connectivity index (χ0n) is 17.9. The fraction of sp³-hybridized carbons (Fsp3) is 0.500. The monoisotopic (exact) mass is 450 g/mol. The van der Waals surface area contributed by atoms with Gasteiger partial charge in [0.25, 0.3) is 0 Å². The molecule has 0 unspecified atom stereocenters. The summed E-state index contributed by atoms with van der Waals surface area (Å²) in [5.74, 6) is 2.04. The maximum absolute atomic E-state index is 12.7. The van der Waals surface area contributed by atoms with E-state index < -0.39 is 11.7 Å². The fourth-order valence-corrected chi connectivity index (χ4v) is 5.60. The van der Waals surface area contributed by atoms with Crippen LogP contribution in [0.3, 0.4) is 0 Å². The number of rotatable bonds is 4. The number of hydrogen-bond acceptors (Lipinski definition) is 5. The lowest BCUT2D eigenvalue weighted by Crippen LogP contribution is -2.50. The molecule has 2 aliphatic rings. The van der Waals surface area contributed by atoms with E-state index in [9.17, 15) is 18.0 Å². The largest absolute Gasteiger partial charge is 0.416 e. The molecule has 1 aliphatic heterocycles. The Morgan fingerprint density at radius 1 is 1.13 bits per heavy atom. The van der Waals surface area contributed by atoms with E-state index in [0.29, 0.717) is 11.2 Å². The minimum Gasteiger partial charge on any atom is -0.346 e. The number of amides is 1. The van der Waals surface area contributed by atoms with Crippen molar-refractivity contribution in [2.45, 2.75) is 55.5 Å². The van der Waals surface area contributed by atoms with Gasteiger partial charge in [-0.15, -0.1) is 11.8 Å². The number of aryl methyl sites for hydroxylation is 1. The van der Waals surface area contributed by atoms with Gasteiger partial charge >= 0.3 is 6.18 Å². The molecule has 9 heteroatoms. The van der Waals surface area contributed by atoms with Crippen LogP contribution in [0.1, 0.15) is 36.8 Å². The highest BCUT2D eigenvalue weighted by molar-refractivity contribution is 8.00. The molecule has 0 bridgehead atoms. The van der Waals surface area contributed by atoms with Crippen molar-refractivity contribution < 1.29 is 18.0 Å². The maximum atomic E-state index is 12.7. The van der Waals surface area contributed by atoms with Gasteiger partial charge in [0, 0.05) is 30.7 Å². The van der Waals surface area contributed by atoms with Crippen molar-refractivity contribution in [3.8, 4) is 0 Å². The fourth-order valence-electron chi connectivity index (χ4n) is 4.19. The normalized spacial score (nSPS) is 23.6. The Morgan fingerprint density at radius 3 is 2.39 bits per heavy atom. The first-order valence-corrected chi connectivity index (χ1v) is 11.1. The lowest BCUT2D eigenvalue weighted by Gasteiger charge is -2.38. The van der Waals surface area contributed by atoms with Crippen molar-refractivity contribution in [2.75, 3.05) is 23.9 Å². The predicted octanol–water partition coefficient (Wildman–Crippen LogP) is 4.72. The van der Waals surface area contributed by atoms with E-state index in [1.807, 2.05) is 25.8 Å². The molecule has 1 atom stereocenters. The Morgan fingerprint density at radius 2 is 1.77 bits per heavy atom. The van der Waals surface area contributed by atoms with Crippen molar-refractivity contribution in [2.24, 2.45) is 5.92 Å². The number of aromatic nitrogens is 2. The summed E-state index contributed by atoms with van der Waals surface area (Å²) in [5, 5.41) is 0.395. The smallest absolute Gasteiger partial charge is 0.346 e. The SMILES string of the molecule is Cc1nc(CC2CC(Sc3ccc(C(F)(F)F)cc3)C2)nc2c1N(C)C(=O)[C@H](C)N2C. The summed E-state index contributed by atoms with van der Waals surface area (Å²) in [6.07, 6.45) is -1.57. The summed E-state index contributed by atoms with van der Waals surface area (Å²) in [7, 11) is 3.64. The highest BCUT2D eigenvalue weighted by Crippen LogP contribution is 2.43. The van der Waals surface area contributed by atoms with Gasteiger partial charge in [0.2, 0.25) is 5.91 Å². The average Bonchev–Trinajstić information content (AvgIpc) is 2.68. The Labute approximate surface area is 184 Å². The molecule has 0 radical (unpaired) electrons. The van der Waals surface area contributed by atoms with Crippen LogP contribution in [0.25, 0.3) is 0 Å². The zero-order chi connectivity index (χ0) is 22.5. The number of carbonyl (C=O) groups excluding carboxylic acids is 1. The van der Waals surface area contributed by atoms with Gasteiger partial charge < -0.3 is 9.80 Å². The topological polar surface area (TPSA) is 49.3 Å². The highest BCUT2D eigenvalue weighted by atomic mass is 32.2. The third kappa shape index (κ3) is 4.24. The van der Waals surface area contributed by atoms with E-state index in [0.717, 1.165) is 59.3 Å². The molecular weight excluding hydrogens is 425 g/mol. The molecule has 5 nitrogen and oxygen atoms in total. The molecule has 1 fully saturated rings. The molecule has 2 aromatic rings. The van der Waals surface area contributed by atoms with Crippen LogP contribution in [0, 0.1) is 12.8 Å². The first-order valence-electron chi connectivity index (χ1n) is 10.3. The molecule has 1 amide bonds. The van der Waals surface area contributed by atoms with E-state index in [4.69, 9.17) is 4.98 Å². The Hall–Kier alpha value is -2.29. The van der Waals surface area contributed by atoms with E-state index in [-0.39, 0.29) is 11.9 Å². The number of carbonyl (C=O) groups is 1. The van der Waals surface area contributed by atoms with Crippen LogP contribution < -0.4 is 9.80 Å². The van der Waals surface area contributed by atoms with Gasteiger partial charge in [-0.25, -0.2) is 9.97 Å². The van der Waals surface area contributed by atoms with E-state index >= 15 is 0 Å². The molecule has 2 heterocycles. The van der Waals surface area contributed by atoms with Crippen LogP contribution in [-0.4, -0.2) is 41.3 Å². The summed E-state index contributed by atoms with van der Waals surface area (Å²) in [6.45, 7) is 3.77.